The van der Waals surface area contributed by atoms with Crippen molar-refractivity contribution in [2.75, 3.05) is 6.61 Å². The largest absolute Gasteiger partial charge is 0.573 e. The van der Waals surface area contributed by atoms with Crippen molar-refractivity contribution in [1.82, 2.24) is 0 Å². The maximum atomic E-state index is 13.9. The van der Waals surface area contributed by atoms with Gasteiger partial charge < -0.3 is 9.47 Å². The summed E-state index contributed by atoms with van der Waals surface area (Å²) >= 11 is 0. The van der Waals surface area contributed by atoms with E-state index in [1.807, 2.05) is 0 Å². The van der Waals surface area contributed by atoms with Gasteiger partial charge in [-0.05, 0) is 43.0 Å². The Morgan fingerprint density at radius 2 is 1.57 bits per heavy atom. The molecule has 1 fully saturated rings. The Labute approximate surface area is 167 Å². The highest BCUT2D eigenvalue weighted by Crippen LogP contribution is 2.38. The molecular weight excluding hydrogens is 417 g/mol. The Morgan fingerprint density at radius 1 is 0.967 bits per heavy atom. The van der Waals surface area contributed by atoms with Gasteiger partial charge in [0.15, 0.2) is 17.5 Å². The van der Waals surface area contributed by atoms with Crippen molar-refractivity contribution in [3.05, 3.63) is 70.5 Å². The van der Waals surface area contributed by atoms with Crippen LogP contribution in [0.2, 0.25) is 0 Å². The van der Waals surface area contributed by atoms with Gasteiger partial charge in [-0.15, -0.1) is 13.2 Å². The molecule has 0 saturated carbocycles. The van der Waals surface area contributed by atoms with Crippen molar-refractivity contribution in [3.8, 4) is 5.75 Å². The Balaban J connectivity index is 1.68. The average molecular weight is 434 g/mol. The van der Waals surface area contributed by atoms with Crippen LogP contribution in [0.1, 0.15) is 48.5 Å². The average Bonchev–Trinajstić information content (AvgIpc) is 2.69. The number of ether oxygens (including phenoxy) is 2. The van der Waals surface area contributed by atoms with E-state index in [9.17, 15) is 30.7 Å². The number of hydrogen-bond donors (Lipinski definition) is 0. The fraction of sp³-hybridized carbons (Fsp3) is 0.333. The van der Waals surface area contributed by atoms with Gasteiger partial charge in [0, 0.05) is 11.5 Å². The lowest BCUT2D eigenvalue weighted by atomic mass is 9.89. The van der Waals surface area contributed by atoms with Crippen molar-refractivity contribution in [3.63, 3.8) is 0 Å². The van der Waals surface area contributed by atoms with Crippen LogP contribution in [0.25, 0.3) is 5.83 Å². The molecule has 0 radical (unpaired) electrons. The zero-order valence-corrected chi connectivity index (χ0v) is 15.7. The molecule has 0 bridgehead atoms. The lowest BCUT2D eigenvalue weighted by Crippen LogP contribution is -2.21. The second kappa shape index (κ2) is 8.67. The molecule has 0 N–H and O–H groups in total. The molecular formula is C21H17F7O2. The van der Waals surface area contributed by atoms with Gasteiger partial charge in [-0.2, -0.15) is 0 Å². The highest BCUT2D eigenvalue weighted by Gasteiger charge is 2.35. The number of hydrogen-bond acceptors (Lipinski definition) is 2. The van der Waals surface area contributed by atoms with Crippen molar-refractivity contribution < 1.29 is 40.2 Å². The van der Waals surface area contributed by atoms with E-state index in [0.717, 1.165) is 24.6 Å². The van der Waals surface area contributed by atoms with Gasteiger partial charge in [0.25, 0.3) is 0 Å². The Hall–Kier alpha value is -2.55. The molecule has 2 nitrogen and oxygen atoms in total. The molecule has 2 unspecified atom stereocenters. The molecule has 162 valence electrons. The minimum Gasteiger partial charge on any atom is -0.399 e. The summed E-state index contributed by atoms with van der Waals surface area (Å²) in [6.07, 6.45) is -4.98. The molecule has 1 saturated heterocycles. The summed E-state index contributed by atoms with van der Waals surface area (Å²) in [4.78, 5) is 0. The zero-order valence-electron chi connectivity index (χ0n) is 15.7. The van der Waals surface area contributed by atoms with E-state index in [0.29, 0.717) is 12.8 Å². The van der Waals surface area contributed by atoms with Crippen LogP contribution in [0.15, 0.2) is 42.2 Å². The Bertz CT molecular complexity index is 900. The number of benzene rings is 2. The van der Waals surface area contributed by atoms with E-state index in [-0.39, 0.29) is 23.7 Å². The van der Waals surface area contributed by atoms with Gasteiger partial charge in [-0.25, -0.2) is 17.6 Å². The standard InChI is InChI=1S/C21H17F7O2/c1-11(22)19(25)13-4-2-12(3-5-13)14-6-7-18(29-10-14)15-8-16(23)20(17(24)9-15)30-21(26,27)28/h2-5,8-9,14,18H,6-7,10H2,1H3. The molecule has 0 aliphatic carbocycles. The van der Waals surface area contributed by atoms with Crippen LogP contribution >= 0.6 is 0 Å². The molecule has 30 heavy (non-hydrogen) atoms. The van der Waals surface area contributed by atoms with Gasteiger partial charge in [-0.3, -0.25) is 0 Å². The van der Waals surface area contributed by atoms with Crippen LogP contribution in [0.4, 0.5) is 30.7 Å². The zero-order chi connectivity index (χ0) is 22.1. The molecule has 1 aliphatic rings. The summed E-state index contributed by atoms with van der Waals surface area (Å²) in [6, 6.07) is 7.72. The van der Waals surface area contributed by atoms with Crippen LogP contribution in [0.5, 0.6) is 5.75 Å². The van der Waals surface area contributed by atoms with E-state index in [1.165, 1.54) is 12.1 Å². The summed E-state index contributed by atoms with van der Waals surface area (Å²) in [5.74, 6) is -6.38. The summed E-state index contributed by atoms with van der Waals surface area (Å²) in [7, 11) is 0. The third-order valence-electron chi connectivity index (χ3n) is 4.82. The van der Waals surface area contributed by atoms with Crippen molar-refractivity contribution in [1.29, 1.82) is 0 Å². The smallest absolute Gasteiger partial charge is 0.399 e. The van der Waals surface area contributed by atoms with Crippen molar-refractivity contribution in [2.45, 2.75) is 38.1 Å². The normalized spacial score (nSPS) is 20.7. The SMILES string of the molecule is CC(F)=C(F)c1ccc(C2CCC(c3cc(F)c(OC(F)(F)F)c(F)c3)OC2)cc1. The molecule has 1 aliphatic heterocycles. The van der Waals surface area contributed by atoms with Crippen molar-refractivity contribution >= 4 is 5.83 Å². The van der Waals surface area contributed by atoms with E-state index in [2.05, 4.69) is 4.74 Å². The summed E-state index contributed by atoms with van der Waals surface area (Å²) in [5, 5.41) is 0. The minimum absolute atomic E-state index is 0.0685. The van der Waals surface area contributed by atoms with E-state index in [1.54, 1.807) is 12.1 Å². The van der Waals surface area contributed by atoms with E-state index in [4.69, 9.17) is 4.74 Å². The van der Waals surface area contributed by atoms with Crippen LogP contribution in [-0.2, 0) is 4.74 Å². The quantitative estimate of drug-likeness (QED) is 0.477. The molecule has 2 aromatic carbocycles. The molecule has 2 aromatic rings. The maximum Gasteiger partial charge on any atom is 0.573 e. The number of alkyl halides is 3. The van der Waals surface area contributed by atoms with E-state index >= 15 is 0 Å². The first-order chi connectivity index (χ1) is 14.0. The van der Waals surface area contributed by atoms with Crippen molar-refractivity contribution in [2.24, 2.45) is 0 Å². The molecule has 0 spiro atoms. The van der Waals surface area contributed by atoms with E-state index < -0.39 is 41.5 Å². The van der Waals surface area contributed by atoms with Crippen LogP contribution in [0.3, 0.4) is 0 Å². The van der Waals surface area contributed by atoms with Gasteiger partial charge in [0.2, 0.25) is 5.75 Å². The number of allylic oxidation sites excluding steroid dienone is 1. The Kier molecular flexibility index (Phi) is 6.40. The van der Waals surface area contributed by atoms with Gasteiger partial charge >= 0.3 is 6.36 Å². The van der Waals surface area contributed by atoms with Crippen LogP contribution in [-0.4, -0.2) is 13.0 Å². The van der Waals surface area contributed by atoms with Crippen LogP contribution < -0.4 is 4.74 Å². The second-order valence-corrected chi connectivity index (χ2v) is 6.93. The highest BCUT2D eigenvalue weighted by molar-refractivity contribution is 5.60. The first-order valence-corrected chi connectivity index (χ1v) is 9.03. The molecule has 0 amide bonds. The predicted molar refractivity (Wildman–Crippen MR) is 95.0 cm³/mol. The Morgan fingerprint density at radius 3 is 2.03 bits per heavy atom. The molecule has 0 aromatic heterocycles. The lowest BCUT2D eigenvalue weighted by Gasteiger charge is -2.30. The van der Waals surface area contributed by atoms with Gasteiger partial charge in [-0.1, -0.05) is 24.3 Å². The fourth-order valence-electron chi connectivity index (χ4n) is 3.36. The number of rotatable bonds is 4. The first-order valence-electron chi connectivity index (χ1n) is 9.03. The third-order valence-corrected chi connectivity index (χ3v) is 4.82. The van der Waals surface area contributed by atoms with Gasteiger partial charge in [0.05, 0.1) is 12.7 Å². The summed E-state index contributed by atoms with van der Waals surface area (Å²) < 4.78 is 100. The summed E-state index contributed by atoms with van der Waals surface area (Å²) in [5.41, 5.74) is 1.01. The monoisotopic (exact) mass is 434 g/mol. The third kappa shape index (κ3) is 5.13. The molecule has 9 heteroatoms. The highest BCUT2D eigenvalue weighted by atomic mass is 19.4. The molecule has 2 atom stereocenters. The topological polar surface area (TPSA) is 18.5 Å². The second-order valence-electron chi connectivity index (χ2n) is 6.93. The molecule has 1 heterocycles. The number of halogens is 7. The predicted octanol–water partition coefficient (Wildman–Crippen LogP) is 7.13. The minimum atomic E-state index is -5.21. The molecule has 3 rings (SSSR count). The summed E-state index contributed by atoms with van der Waals surface area (Å²) in [6.45, 7) is 1.21. The fourth-order valence-corrected chi connectivity index (χ4v) is 3.36. The maximum absolute atomic E-state index is 13.9. The van der Waals surface area contributed by atoms with Gasteiger partial charge in [0.1, 0.15) is 5.83 Å². The van der Waals surface area contributed by atoms with Crippen LogP contribution in [0, 0.1) is 11.6 Å². The lowest BCUT2D eigenvalue weighted by molar-refractivity contribution is -0.276. The first kappa shape index (κ1) is 22.1.